The molecule has 0 aromatic heterocycles. The molecule has 45 heavy (non-hydrogen) atoms. The van der Waals surface area contributed by atoms with Gasteiger partial charge in [-0.25, -0.2) is 0 Å². The molecule has 3 heteroatoms. The highest BCUT2D eigenvalue weighted by Crippen LogP contribution is 2.40. The maximum atomic E-state index is 12.9. The lowest BCUT2D eigenvalue weighted by atomic mass is 9.92. The van der Waals surface area contributed by atoms with Gasteiger partial charge in [-0.3, -0.25) is 9.59 Å². The number of ketones is 2. The first-order chi connectivity index (χ1) is 22.2. The molecular weight excluding hydrogens is 550 g/mol. The molecule has 1 aliphatic rings. The van der Waals surface area contributed by atoms with Crippen LogP contribution in [0.25, 0.3) is 38.7 Å². The number of anilines is 3. The Morgan fingerprint density at radius 3 is 1.49 bits per heavy atom. The van der Waals surface area contributed by atoms with Gasteiger partial charge < -0.3 is 4.90 Å². The highest BCUT2D eigenvalue weighted by Gasteiger charge is 2.32. The second-order valence-corrected chi connectivity index (χ2v) is 11.3. The zero-order valence-electron chi connectivity index (χ0n) is 24.4. The largest absolute Gasteiger partial charge is 0.311 e. The summed E-state index contributed by atoms with van der Waals surface area (Å²) in [6.45, 7) is 0. The number of rotatable bonds is 5. The zero-order valence-corrected chi connectivity index (χ0v) is 24.4. The van der Waals surface area contributed by atoms with Crippen molar-refractivity contribution < 1.29 is 9.59 Å². The van der Waals surface area contributed by atoms with E-state index in [1.54, 1.807) is 30.3 Å². The molecule has 7 aromatic rings. The second kappa shape index (κ2) is 10.9. The number of carbonyl (C=O) groups is 2. The van der Waals surface area contributed by atoms with Crippen LogP contribution in [0.1, 0.15) is 26.3 Å². The average molecular weight is 578 g/mol. The summed E-state index contributed by atoms with van der Waals surface area (Å²) in [5.41, 5.74) is 7.38. The van der Waals surface area contributed by atoms with E-state index >= 15 is 0 Å². The standard InChI is InChI=1S/C42H27NO2/c44-41-37-16-8-9-17-38(37)42(45)39(41)26-28-18-22-33(23-19-28)43(32-12-2-1-3-13-32)34-24-20-29(21-25-34)40-35-14-6-4-10-30(35)27-31-11-5-7-15-36(31)40/h1-27H. The van der Waals surface area contributed by atoms with Crippen molar-refractivity contribution >= 4 is 56.2 Å². The molecule has 0 heterocycles. The summed E-state index contributed by atoms with van der Waals surface area (Å²) >= 11 is 0. The minimum absolute atomic E-state index is 0.209. The number of carbonyl (C=O) groups excluding carboxylic acids is 2. The van der Waals surface area contributed by atoms with Crippen molar-refractivity contribution in [2.75, 3.05) is 4.90 Å². The molecule has 0 bridgehead atoms. The SMILES string of the molecule is O=C1C(=Cc2ccc(N(c3ccccc3)c3ccc(-c4c5ccccc5cc5ccccc45)cc3)cc2)C(=O)c2ccccc21. The Bertz CT molecular complexity index is 2190. The van der Waals surface area contributed by atoms with Crippen LogP contribution in [0.15, 0.2) is 163 Å². The summed E-state index contributed by atoms with van der Waals surface area (Å²) < 4.78 is 0. The third-order valence-corrected chi connectivity index (χ3v) is 8.57. The normalized spacial score (nSPS) is 12.5. The van der Waals surface area contributed by atoms with E-state index in [4.69, 9.17) is 0 Å². The van der Waals surface area contributed by atoms with Gasteiger partial charge in [-0.05, 0) is 86.8 Å². The maximum Gasteiger partial charge on any atom is 0.197 e. The number of hydrogen-bond donors (Lipinski definition) is 0. The molecule has 212 valence electrons. The monoisotopic (exact) mass is 577 g/mol. The van der Waals surface area contributed by atoms with Gasteiger partial charge in [0.05, 0.1) is 5.57 Å². The Labute approximate surface area is 261 Å². The molecule has 7 aromatic carbocycles. The summed E-state index contributed by atoms with van der Waals surface area (Å²) in [7, 11) is 0. The predicted molar refractivity (Wildman–Crippen MR) is 185 cm³/mol. The summed E-state index contributed by atoms with van der Waals surface area (Å²) in [5.74, 6) is -0.436. The van der Waals surface area contributed by atoms with Crippen LogP contribution >= 0.6 is 0 Å². The quantitative estimate of drug-likeness (QED) is 0.116. The molecule has 0 spiro atoms. The molecule has 0 aliphatic heterocycles. The number of nitrogens with zero attached hydrogens (tertiary/aromatic N) is 1. The van der Waals surface area contributed by atoms with Gasteiger partial charge in [0, 0.05) is 28.2 Å². The van der Waals surface area contributed by atoms with Crippen LogP contribution in [0.4, 0.5) is 17.1 Å². The Morgan fingerprint density at radius 2 is 0.911 bits per heavy atom. The van der Waals surface area contributed by atoms with Crippen molar-refractivity contribution in [1.82, 2.24) is 0 Å². The zero-order chi connectivity index (χ0) is 30.3. The van der Waals surface area contributed by atoms with Gasteiger partial charge in [0.1, 0.15) is 0 Å². The first-order valence-corrected chi connectivity index (χ1v) is 15.0. The van der Waals surface area contributed by atoms with Crippen LogP contribution in [0, 0.1) is 0 Å². The number of benzene rings is 7. The smallest absolute Gasteiger partial charge is 0.197 e. The Hall–Kier alpha value is -6.06. The summed E-state index contributed by atoms with van der Waals surface area (Å²) in [5, 5.41) is 4.91. The van der Waals surface area contributed by atoms with Gasteiger partial charge in [0.15, 0.2) is 11.6 Å². The fraction of sp³-hybridized carbons (Fsp3) is 0. The fourth-order valence-electron chi connectivity index (χ4n) is 6.42. The van der Waals surface area contributed by atoms with E-state index in [9.17, 15) is 9.59 Å². The number of allylic oxidation sites excluding steroid dienone is 1. The van der Waals surface area contributed by atoms with Crippen molar-refractivity contribution in [1.29, 1.82) is 0 Å². The number of hydrogen-bond acceptors (Lipinski definition) is 3. The first-order valence-electron chi connectivity index (χ1n) is 15.0. The molecule has 0 fully saturated rings. The fourth-order valence-corrected chi connectivity index (χ4v) is 6.42. The van der Waals surface area contributed by atoms with Crippen molar-refractivity contribution in [2.45, 2.75) is 0 Å². The van der Waals surface area contributed by atoms with Crippen molar-refractivity contribution in [3.8, 4) is 11.1 Å². The van der Waals surface area contributed by atoms with Crippen LogP contribution in [-0.2, 0) is 0 Å². The van der Waals surface area contributed by atoms with Gasteiger partial charge >= 0.3 is 0 Å². The van der Waals surface area contributed by atoms with Crippen molar-refractivity contribution in [3.05, 3.63) is 180 Å². The molecule has 0 saturated heterocycles. The van der Waals surface area contributed by atoms with E-state index < -0.39 is 0 Å². The number of fused-ring (bicyclic) bond motifs is 3. The first kappa shape index (κ1) is 26.6. The summed E-state index contributed by atoms with van der Waals surface area (Å²) in [6.07, 6.45) is 1.70. The van der Waals surface area contributed by atoms with E-state index in [-0.39, 0.29) is 17.1 Å². The Kier molecular flexibility index (Phi) is 6.43. The van der Waals surface area contributed by atoms with Crippen molar-refractivity contribution in [2.24, 2.45) is 0 Å². The topological polar surface area (TPSA) is 37.4 Å². The Morgan fingerprint density at radius 1 is 0.444 bits per heavy atom. The molecule has 0 saturated carbocycles. The lowest BCUT2D eigenvalue weighted by Crippen LogP contribution is -2.09. The van der Waals surface area contributed by atoms with E-state index in [0.29, 0.717) is 11.1 Å². The molecule has 0 radical (unpaired) electrons. The van der Waals surface area contributed by atoms with E-state index in [1.807, 2.05) is 42.5 Å². The number of Topliss-reactive ketones (excluding diaryl/α,β-unsaturated/α-hetero) is 2. The van der Waals surface area contributed by atoms with E-state index in [2.05, 4.69) is 95.9 Å². The molecule has 0 amide bonds. The summed E-state index contributed by atoms with van der Waals surface area (Å²) in [6, 6.07) is 53.4. The highest BCUT2D eigenvalue weighted by molar-refractivity contribution is 6.41. The number of para-hydroxylation sites is 1. The van der Waals surface area contributed by atoms with E-state index in [0.717, 1.165) is 28.2 Å². The highest BCUT2D eigenvalue weighted by atomic mass is 16.2. The predicted octanol–water partition coefficient (Wildman–Crippen LogP) is 10.6. The minimum atomic E-state index is -0.218. The van der Waals surface area contributed by atoms with Gasteiger partial charge in [-0.1, -0.05) is 115 Å². The van der Waals surface area contributed by atoms with Crippen LogP contribution < -0.4 is 4.90 Å². The van der Waals surface area contributed by atoms with E-state index in [1.165, 1.54) is 27.1 Å². The summed E-state index contributed by atoms with van der Waals surface area (Å²) in [4.78, 5) is 28.1. The molecule has 0 atom stereocenters. The van der Waals surface area contributed by atoms with Gasteiger partial charge in [0.2, 0.25) is 0 Å². The van der Waals surface area contributed by atoms with Crippen LogP contribution in [-0.4, -0.2) is 11.6 Å². The van der Waals surface area contributed by atoms with Crippen LogP contribution in [0.2, 0.25) is 0 Å². The lowest BCUT2D eigenvalue weighted by Gasteiger charge is -2.26. The third-order valence-electron chi connectivity index (χ3n) is 8.57. The second-order valence-electron chi connectivity index (χ2n) is 11.3. The molecule has 8 rings (SSSR count). The molecule has 1 aliphatic carbocycles. The van der Waals surface area contributed by atoms with Gasteiger partial charge in [-0.15, -0.1) is 0 Å². The molecular formula is C42H27NO2. The van der Waals surface area contributed by atoms with Crippen molar-refractivity contribution in [3.63, 3.8) is 0 Å². The molecule has 0 unspecified atom stereocenters. The molecule has 0 N–H and O–H groups in total. The Balaban J connectivity index is 1.18. The van der Waals surface area contributed by atoms with Crippen LogP contribution in [0.5, 0.6) is 0 Å². The van der Waals surface area contributed by atoms with Gasteiger partial charge in [-0.2, -0.15) is 0 Å². The molecule has 3 nitrogen and oxygen atoms in total. The van der Waals surface area contributed by atoms with Crippen LogP contribution in [0.3, 0.4) is 0 Å². The maximum absolute atomic E-state index is 12.9. The lowest BCUT2D eigenvalue weighted by molar-refractivity contribution is 0.0990. The van der Waals surface area contributed by atoms with Gasteiger partial charge in [0.25, 0.3) is 0 Å². The minimum Gasteiger partial charge on any atom is -0.311 e. The average Bonchev–Trinajstić information content (AvgIpc) is 3.33. The third kappa shape index (κ3) is 4.62.